The molecule has 0 saturated carbocycles. The van der Waals surface area contributed by atoms with E-state index < -0.39 is 0 Å². The van der Waals surface area contributed by atoms with Crippen LogP contribution < -0.4 is 10.7 Å². The van der Waals surface area contributed by atoms with Gasteiger partial charge in [0, 0.05) is 13.2 Å². The molecule has 2 N–H and O–H groups in total. The van der Waals surface area contributed by atoms with Crippen LogP contribution in [-0.4, -0.2) is 30.1 Å². The quantitative estimate of drug-likeness (QED) is 0.476. The maximum absolute atomic E-state index is 5.55. The van der Waals surface area contributed by atoms with E-state index in [1.807, 2.05) is 0 Å². The summed E-state index contributed by atoms with van der Waals surface area (Å²) in [5, 5.41) is 8.18. The Morgan fingerprint density at radius 3 is 3.05 bits per heavy atom. The first kappa shape index (κ1) is 16.2. The van der Waals surface area contributed by atoms with Gasteiger partial charge in [0.15, 0.2) is 5.11 Å². The average molecular weight is 307 g/mol. The second-order valence-electron chi connectivity index (χ2n) is 5.89. The first-order valence-corrected chi connectivity index (χ1v) is 8.01. The van der Waals surface area contributed by atoms with Crippen molar-refractivity contribution in [2.24, 2.45) is 11.0 Å². The Bertz CT molecular complexity index is 464. The van der Waals surface area contributed by atoms with Crippen LogP contribution in [-0.2, 0) is 4.74 Å². The van der Waals surface area contributed by atoms with Crippen LogP contribution in [0.3, 0.4) is 0 Å². The van der Waals surface area contributed by atoms with Gasteiger partial charge in [-0.05, 0) is 63.2 Å². The Labute approximate surface area is 132 Å². The summed E-state index contributed by atoms with van der Waals surface area (Å²) in [5.74, 6) is 0.489. The Morgan fingerprint density at radius 2 is 2.38 bits per heavy atom. The first-order chi connectivity index (χ1) is 10.1. The lowest BCUT2D eigenvalue weighted by molar-refractivity contribution is 0.114. The van der Waals surface area contributed by atoms with Gasteiger partial charge in [-0.3, -0.25) is 5.43 Å². The minimum absolute atomic E-state index is 0.279. The van der Waals surface area contributed by atoms with Gasteiger partial charge in [-0.2, -0.15) is 5.10 Å². The number of rotatable bonds is 4. The van der Waals surface area contributed by atoms with Gasteiger partial charge < -0.3 is 10.1 Å². The second-order valence-corrected chi connectivity index (χ2v) is 6.29. The molecule has 1 fully saturated rings. The molecule has 2 rings (SSSR count). The highest BCUT2D eigenvalue weighted by atomic mass is 32.1. The Balaban J connectivity index is 1.81. The van der Waals surface area contributed by atoms with Crippen molar-refractivity contribution >= 4 is 23.0 Å². The normalized spacial score (nSPS) is 27.3. The highest BCUT2D eigenvalue weighted by Crippen LogP contribution is 2.26. The van der Waals surface area contributed by atoms with Gasteiger partial charge in [0.25, 0.3) is 0 Å². The predicted molar refractivity (Wildman–Crippen MR) is 91.4 cm³/mol. The van der Waals surface area contributed by atoms with Crippen molar-refractivity contribution in [2.75, 3.05) is 13.2 Å². The molecular weight excluding hydrogens is 282 g/mol. The number of hydrazone groups is 1. The zero-order chi connectivity index (χ0) is 15.2. The monoisotopic (exact) mass is 307 g/mol. The Morgan fingerprint density at radius 1 is 1.57 bits per heavy atom. The predicted octanol–water partition coefficient (Wildman–Crippen LogP) is 2.92. The van der Waals surface area contributed by atoms with Crippen molar-refractivity contribution in [3.8, 4) is 0 Å². The van der Waals surface area contributed by atoms with Crippen molar-refractivity contribution < 1.29 is 4.74 Å². The van der Waals surface area contributed by atoms with Crippen LogP contribution in [0, 0.1) is 5.92 Å². The molecule has 1 aliphatic heterocycles. The molecule has 1 aliphatic carbocycles. The first-order valence-electron chi connectivity index (χ1n) is 7.60. The van der Waals surface area contributed by atoms with Crippen LogP contribution in [0.25, 0.3) is 0 Å². The van der Waals surface area contributed by atoms with Crippen molar-refractivity contribution in [3.05, 3.63) is 23.8 Å². The third-order valence-corrected chi connectivity index (χ3v) is 4.34. The number of thiocarbonyl (C=S) groups is 1. The largest absolute Gasteiger partial charge is 0.376 e. The van der Waals surface area contributed by atoms with Gasteiger partial charge in [0.2, 0.25) is 0 Å². The van der Waals surface area contributed by atoms with Gasteiger partial charge in [0.1, 0.15) is 0 Å². The molecule has 4 nitrogen and oxygen atoms in total. The molecule has 0 radical (unpaired) electrons. The lowest BCUT2D eigenvalue weighted by atomic mass is 9.85. The highest BCUT2D eigenvalue weighted by Gasteiger charge is 2.19. The van der Waals surface area contributed by atoms with E-state index >= 15 is 0 Å². The van der Waals surface area contributed by atoms with E-state index in [1.165, 1.54) is 11.1 Å². The average Bonchev–Trinajstić information content (AvgIpc) is 2.97. The lowest BCUT2D eigenvalue weighted by Crippen LogP contribution is -2.37. The van der Waals surface area contributed by atoms with Crippen LogP contribution in [0.5, 0.6) is 0 Å². The zero-order valence-electron chi connectivity index (χ0n) is 12.9. The lowest BCUT2D eigenvalue weighted by Gasteiger charge is -2.22. The molecule has 0 amide bonds. The van der Waals surface area contributed by atoms with E-state index in [0.717, 1.165) is 44.5 Å². The molecule has 0 aromatic carbocycles. The molecule has 5 heteroatoms. The summed E-state index contributed by atoms with van der Waals surface area (Å²) < 4.78 is 5.55. The van der Waals surface area contributed by atoms with Crippen LogP contribution in [0.4, 0.5) is 0 Å². The number of hydrogen-bond donors (Lipinski definition) is 2. The van der Waals surface area contributed by atoms with Crippen LogP contribution in [0.2, 0.25) is 0 Å². The molecule has 0 aromatic rings. The maximum Gasteiger partial charge on any atom is 0.187 e. The molecule has 0 unspecified atom stereocenters. The minimum Gasteiger partial charge on any atom is -0.376 e. The van der Waals surface area contributed by atoms with Gasteiger partial charge in [-0.25, -0.2) is 0 Å². The fraction of sp³-hybridized carbons (Fsp3) is 0.625. The molecule has 2 aliphatic rings. The van der Waals surface area contributed by atoms with Crippen molar-refractivity contribution in [1.82, 2.24) is 10.7 Å². The van der Waals surface area contributed by atoms with Crippen molar-refractivity contribution in [2.45, 2.75) is 45.6 Å². The molecule has 116 valence electrons. The molecule has 1 saturated heterocycles. The van der Waals surface area contributed by atoms with E-state index in [9.17, 15) is 0 Å². The third kappa shape index (κ3) is 4.93. The van der Waals surface area contributed by atoms with Gasteiger partial charge in [-0.1, -0.05) is 18.2 Å². The van der Waals surface area contributed by atoms with E-state index in [-0.39, 0.29) is 6.10 Å². The zero-order valence-corrected chi connectivity index (χ0v) is 13.8. The van der Waals surface area contributed by atoms with Crippen molar-refractivity contribution in [3.63, 3.8) is 0 Å². The topological polar surface area (TPSA) is 45.7 Å². The van der Waals surface area contributed by atoms with E-state index in [1.54, 1.807) is 0 Å². The summed E-state index contributed by atoms with van der Waals surface area (Å²) in [4.78, 5) is 0. The summed E-state index contributed by atoms with van der Waals surface area (Å²) in [7, 11) is 0. The molecular formula is C16H25N3OS. The Hall–Kier alpha value is -1.20. The molecule has 0 spiro atoms. The van der Waals surface area contributed by atoms with Gasteiger partial charge in [0.05, 0.1) is 11.8 Å². The van der Waals surface area contributed by atoms with Crippen molar-refractivity contribution in [1.29, 1.82) is 0 Å². The third-order valence-electron chi connectivity index (χ3n) is 4.11. The van der Waals surface area contributed by atoms with Gasteiger partial charge >= 0.3 is 0 Å². The number of nitrogens with zero attached hydrogens (tertiary/aromatic N) is 1. The minimum atomic E-state index is 0.279. The summed E-state index contributed by atoms with van der Waals surface area (Å²) >= 11 is 5.25. The maximum atomic E-state index is 5.55. The second kappa shape index (κ2) is 7.71. The standard InChI is InChI=1S/C16H25N3OS/c1-11(2)13-7-6-12(3)15(9-13)18-19-16(21)17-10-14-5-4-8-20-14/h6,13-14H,1,4-5,7-10H2,2-3H3,(H2,17,19,21)/b18-15-/t13-,14-/m0/s1. The van der Waals surface area contributed by atoms with Crippen LogP contribution in [0.1, 0.15) is 39.5 Å². The molecule has 2 atom stereocenters. The SMILES string of the molecule is C=C(C)[C@H]1CC=C(C)/C(=N\NC(=S)NC[C@@H]2CCCO2)C1. The summed E-state index contributed by atoms with van der Waals surface area (Å²) in [5.41, 5.74) is 6.45. The van der Waals surface area contributed by atoms with E-state index in [0.29, 0.717) is 11.0 Å². The molecule has 0 aromatic heterocycles. The summed E-state index contributed by atoms with van der Waals surface area (Å²) in [6.45, 7) is 9.84. The number of nitrogens with one attached hydrogen (secondary N) is 2. The fourth-order valence-electron chi connectivity index (χ4n) is 2.59. The highest BCUT2D eigenvalue weighted by molar-refractivity contribution is 7.80. The molecule has 0 bridgehead atoms. The smallest absolute Gasteiger partial charge is 0.187 e. The number of ether oxygens (including phenoxy) is 1. The number of allylic oxidation sites excluding steroid dienone is 3. The summed E-state index contributed by atoms with van der Waals surface area (Å²) in [6, 6.07) is 0. The van der Waals surface area contributed by atoms with Crippen LogP contribution >= 0.6 is 12.2 Å². The van der Waals surface area contributed by atoms with Gasteiger partial charge in [-0.15, -0.1) is 0 Å². The fourth-order valence-corrected chi connectivity index (χ4v) is 2.72. The van der Waals surface area contributed by atoms with E-state index in [2.05, 4.69) is 42.3 Å². The molecule has 21 heavy (non-hydrogen) atoms. The molecule has 1 heterocycles. The van der Waals surface area contributed by atoms with Crippen LogP contribution in [0.15, 0.2) is 28.9 Å². The number of hydrogen-bond acceptors (Lipinski definition) is 3. The Kier molecular flexibility index (Phi) is 5.94. The summed E-state index contributed by atoms with van der Waals surface area (Å²) in [6.07, 6.45) is 6.74. The van der Waals surface area contributed by atoms with E-state index in [4.69, 9.17) is 17.0 Å².